The number of carbonyl (C=O) groups is 1. The Kier molecular flexibility index (Phi) is 3.00. The number of imidazole rings is 1. The zero-order valence-electron chi connectivity index (χ0n) is 8.76. The summed E-state index contributed by atoms with van der Waals surface area (Å²) < 4.78 is 1.71. The number of anilines is 1. The van der Waals surface area contributed by atoms with E-state index in [0.717, 1.165) is 11.3 Å². The summed E-state index contributed by atoms with van der Waals surface area (Å²) in [6.07, 6.45) is 4.99. The molecule has 1 N–H and O–H groups in total. The molecule has 4 nitrogen and oxygen atoms in total. The molecule has 1 aromatic carbocycles. The van der Waals surface area contributed by atoms with Gasteiger partial charge >= 0.3 is 0 Å². The lowest BCUT2D eigenvalue weighted by atomic mass is 10.2. The molecule has 2 aromatic rings. The molecule has 1 amide bonds. The van der Waals surface area contributed by atoms with Crippen molar-refractivity contribution >= 4 is 11.6 Å². The van der Waals surface area contributed by atoms with Crippen molar-refractivity contribution < 1.29 is 4.79 Å². The van der Waals surface area contributed by atoms with Crippen LogP contribution in [0.15, 0.2) is 43.0 Å². The Labute approximate surface area is 93.9 Å². The summed E-state index contributed by atoms with van der Waals surface area (Å²) in [5, 5.41) is 2.80. The van der Waals surface area contributed by atoms with E-state index in [2.05, 4.69) is 17.2 Å². The molecule has 1 aromatic heterocycles. The molecule has 16 heavy (non-hydrogen) atoms. The highest BCUT2D eigenvalue weighted by Gasteiger charge is 2.04. The molecule has 0 saturated heterocycles. The zero-order valence-corrected chi connectivity index (χ0v) is 8.76. The normalized spacial score (nSPS) is 10.1. The predicted molar refractivity (Wildman–Crippen MR) is 61.8 cm³/mol. The Morgan fingerprint density at radius 1 is 1.44 bits per heavy atom. The minimum absolute atomic E-state index is 0.0888. The van der Waals surface area contributed by atoms with Gasteiger partial charge in [0.05, 0.1) is 6.33 Å². The first-order chi connectivity index (χ1) is 7.75. The van der Waals surface area contributed by atoms with Crippen molar-refractivity contribution in [3.63, 3.8) is 0 Å². The number of hydrogen-bond donors (Lipinski definition) is 1. The Morgan fingerprint density at radius 3 is 2.94 bits per heavy atom. The number of para-hydroxylation sites is 1. The van der Waals surface area contributed by atoms with E-state index in [-0.39, 0.29) is 12.5 Å². The first kappa shape index (κ1) is 10.4. The Hall–Kier alpha value is -2.10. The van der Waals surface area contributed by atoms with Crippen LogP contribution in [0.5, 0.6) is 0 Å². The van der Waals surface area contributed by atoms with Crippen LogP contribution in [0, 0.1) is 6.92 Å². The lowest BCUT2D eigenvalue weighted by Gasteiger charge is -2.07. The smallest absolute Gasteiger partial charge is 0.244 e. The van der Waals surface area contributed by atoms with Crippen LogP contribution in [0.3, 0.4) is 0 Å². The number of aromatic nitrogens is 2. The molecule has 0 aliphatic rings. The highest BCUT2D eigenvalue weighted by molar-refractivity contribution is 5.91. The summed E-state index contributed by atoms with van der Waals surface area (Å²) in [6.45, 7) is 4.10. The second kappa shape index (κ2) is 4.61. The van der Waals surface area contributed by atoms with Crippen LogP contribution < -0.4 is 5.32 Å². The number of carbonyl (C=O) groups excluding carboxylic acids is 1. The first-order valence-corrected chi connectivity index (χ1v) is 4.92. The van der Waals surface area contributed by atoms with Crippen LogP contribution in [-0.2, 0) is 11.3 Å². The summed E-state index contributed by atoms with van der Waals surface area (Å²) in [7, 11) is 0. The van der Waals surface area contributed by atoms with Crippen LogP contribution in [-0.4, -0.2) is 15.5 Å². The quantitative estimate of drug-likeness (QED) is 0.845. The van der Waals surface area contributed by atoms with Gasteiger partial charge in [0, 0.05) is 18.1 Å². The number of amides is 1. The van der Waals surface area contributed by atoms with E-state index in [1.54, 1.807) is 23.3 Å². The molecule has 0 aliphatic heterocycles. The molecule has 4 heteroatoms. The third-order valence-electron chi connectivity index (χ3n) is 2.18. The topological polar surface area (TPSA) is 46.9 Å². The molecule has 0 unspecified atom stereocenters. The van der Waals surface area contributed by atoms with Gasteiger partial charge in [0.1, 0.15) is 6.54 Å². The molecular formula is C12H12N3O. The molecule has 1 heterocycles. The number of rotatable bonds is 3. The van der Waals surface area contributed by atoms with E-state index < -0.39 is 0 Å². The molecule has 1 radical (unpaired) electrons. The summed E-state index contributed by atoms with van der Waals surface area (Å²) in [6, 6.07) is 7.43. The minimum Gasteiger partial charge on any atom is -0.328 e. The fraction of sp³-hybridized carbons (Fsp3) is 0.0833. The van der Waals surface area contributed by atoms with Crippen molar-refractivity contribution in [3.8, 4) is 0 Å². The number of nitrogens with zero attached hydrogens (tertiary/aromatic N) is 2. The average molecular weight is 214 g/mol. The van der Waals surface area contributed by atoms with Crippen molar-refractivity contribution in [3.05, 3.63) is 55.5 Å². The van der Waals surface area contributed by atoms with E-state index in [4.69, 9.17) is 0 Å². The van der Waals surface area contributed by atoms with Crippen LogP contribution in [0.25, 0.3) is 0 Å². The monoisotopic (exact) mass is 214 g/mol. The van der Waals surface area contributed by atoms with Gasteiger partial charge in [-0.1, -0.05) is 18.2 Å². The highest BCUT2D eigenvalue weighted by Crippen LogP contribution is 2.12. The van der Waals surface area contributed by atoms with Gasteiger partial charge < -0.3 is 9.88 Å². The third-order valence-corrected chi connectivity index (χ3v) is 2.18. The first-order valence-electron chi connectivity index (χ1n) is 4.92. The van der Waals surface area contributed by atoms with Gasteiger partial charge in [0.2, 0.25) is 5.91 Å². The van der Waals surface area contributed by atoms with Gasteiger partial charge in [-0.3, -0.25) is 4.79 Å². The summed E-state index contributed by atoms with van der Waals surface area (Å²) in [5.74, 6) is -0.0888. The zero-order chi connectivity index (χ0) is 11.4. The Morgan fingerprint density at radius 2 is 2.25 bits per heavy atom. The third kappa shape index (κ3) is 2.48. The van der Waals surface area contributed by atoms with Gasteiger partial charge in [0.25, 0.3) is 0 Å². The molecule has 0 aliphatic carbocycles. The fourth-order valence-corrected chi connectivity index (χ4v) is 1.38. The molecular weight excluding hydrogens is 202 g/mol. The molecule has 0 bridgehead atoms. The van der Waals surface area contributed by atoms with E-state index in [1.165, 1.54) is 0 Å². The van der Waals surface area contributed by atoms with Crippen molar-refractivity contribution in [2.24, 2.45) is 0 Å². The molecule has 0 atom stereocenters. The van der Waals surface area contributed by atoms with Crippen molar-refractivity contribution in [1.82, 2.24) is 9.55 Å². The maximum atomic E-state index is 11.6. The molecule has 2 rings (SSSR count). The highest BCUT2D eigenvalue weighted by atomic mass is 16.1. The largest absolute Gasteiger partial charge is 0.328 e. The van der Waals surface area contributed by atoms with Gasteiger partial charge in [-0.2, -0.15) is 0 Å². The van der Waals surface area contributed by atoms with E-state index >= 15 is 0 Å². The lowest BCUT2D eigenvalue weighted by molar-refractivity contribution is -0.116. The maximum absolute atomic E-state index is 11.6. The molecule has 0 saturated carbocycles. The number of nitrogens with one attached hydrogen (secondary N) is 1. The Balaban J connectivity index is 2.00. The standard InChI is InChI=1S/C12H12N3O/c1-10-4-2-3-5-11(10)14-12(16)8-15-7-6-13-9-15/h2-7,9H,1,8H2,(H,14,16). The van der Waals surface area contributed by atoms with E-state index in [9.17, 15) is 4.79 Å². The predicted octanol–water partition coefficient (Wildman–Crippen LogP) is 1.70. The van der Waals surface area contributed by atoms with Crippen LogP contribution >= 0.6 is 0 Å². The summed E-state index contributed by atoms with van der Waals surface area (Å²) >= 11 is 0. The van der Waals surface area contributed by atoms with E-state index in [0.29, 0.717) is 0 Å². The fourth-order valence-electron chi connectivity index (χ4n) is 1.38. The minimum atomic E-state index is -0.0888. The second-order valence-electron chi connectivity index (χ2n) is 3.44. The summed E-state index contributed by atoms with van der Waals surface area (Å²) in [4.78, 5) is 15.5. The maximum Gasteiger partial charge on any atom is 0.244 e. The van der Waals surface area contributed by atoms with Crippen LogP contribution in [0.2, 0.25) is 0 Å². The molecule has 0 fully saturated rings. The van der Waals surface area contributed by atoms with Gasteiger partial charge in [-0.05, 0) is 18.6 Å². The molecule has 81 valence electrons. The van der Waals surface area contributed by atoms with Gasteiger partial charge in [-0.15, -0.1) is 0 Å². The van der Waals surface area contributed by atoms with Crippen LogP contribution in [0.4, 0.5) is 5.69 Å². The second-order valence-corrected chi connectivity index (χ2v) is 3.44. The Bertz CT molecular complexity index is 477. The van der Waals surface area contributed by atoms with E-state index in [1.807, 2.05) is 24.3 Å². The number of benzene rings is 1. The SMILES string of the molecule is [CH2]c1ccccc1NC(=O)Cn1ccnc1. The molecule has 0 spiro atoms. The lowest BCUT2D eigenvalue weighted by Crippen LogP contribution is -2.18. The van der Waals surface area contributed by atoms with Gasteiger partial charge in [0.15, 0.2) is 0 Å². The van der Waals surface area contributed by atoms with Crippen molar-refractivity contribution in [2.45, 2.75) is 6.54 Å². The summed E-state index contributed by atoms with van der Waals surface area (Å²) in [5.41, 5.74) is 1.55. The van der Waals surface area contributed by atoms with Crippen LogP contribution in [0.1, 0.15) is 5.56 Å². The van der Waals surface area contributed by atoms with Crippen molar-refractivity contribution in [1.29, 1.82) is 0 Å². The van der Waals surface area contributed by atoms with Gasteiger partial charge in [-0.25, -0.2) is 4.98 Å². The number of hydrogen-bond acceptors (Lipinski definition) is 2. The van der Waals surface area contributed by atoms with Crippen molar-refractivity contribution in [2.75, 3.05) is 5.32 Å². The average Bonchev–Trinajstić information content (AvgIpc) is 2.74.